The number of hydrogen-bond acceptors (Lipinski definition) is 4. The third-order valence-corrected chi connectivity index (χ3v) is 2.14. The minimum atomic E-state index is -0.753. The van der Waals surface area contributed by atoms with Crippen LogP contribution in [0.3, 0.4) is 0 Å². The number of phenols is 2. The molecule has 0 saturated heterocycles. The van der Waals surface area contributed by atoms with Gasteiger partial charge in [0.2, 0.25) is 0 Å². The number of aromatic hydroxyl groups is 2. The SMILES string of the molecule is CC(C)(C)NCC(O)c1cc(O)cc(O)c1.[C-]#[O+]. The van der Waals surface area contributed by atoms with Crippen LogP contribution in [0.4, 0.5) is 0 Å². The van der Waals surface area contributed by atoms with Crippen LogP contribution >= 0.6 is 0 Å². The molecule has 5 nitrogen and oxygen atoms in total. The molecule has 0 bridgehead atoms. The van der Waals surface area contributed by atoms with E-state index in [1.54, 1.807) is 0 Å². The number of benzene rings is 1. The maximum absolute atomic E-state index is 9.85. The molecular weight excluding hydrogens is 234 g/mol. The summed E-state index contributed by atoms with van der Waals surface area (Å²) < 4.78 is 7.50. The van der Waals surface area contributed by atoms with Gasteiger partial charge in [-0.2, -0.15) is 0 Å². The molecule has 0 fully saturated rings. The molecular formula is C13H19NO4. The number of nitrogens with one attached hydrogen (secondary N) is 1. The number of β-amino-alcohol motifs (C(OH)–C–C–N with tert-alkyl or cyclic N) is 1. The Morgan fingerprint density at radius 3 is 2.00 bits per heavy atom. The third-order valence-electron chi connectivity index (χ3n) is 2.14. The Balaban J connectivity index is 0.00000137. The quantitative estimate of drug-likeness (QED) is 0.485. The van der Waals surface area contributed by atoms with E-state index in [1.165, 1.54) is 18.2 Å². The fourth-order valence-electron chi connectivity index (χ4n) is 1.33. The van der Waals surface area contributed by atoms with Gasteiger partial charge < -0.3 is 20.6 Å². The van der Waals surface area contributed by atoms with Gasteiger partial charge in [-0.15, -0.1) is 0 Å². The van der Waals surface area contributed by atoms with Crippen LogP contribution in [0.2, 0.25) is 0 Å². The molecule has 0 spiro atoms. The van der Waals surface area contributed by atoms with Gasteiger partial charge in [0.1, 0.15) is 11.5 Å². The van der Waals surface area contributed by atoms with Crippen molar-refractivity contribution in [1.29, 1.82) is 0 Å². The molecule has 1 rings (SSSR count). The number of aliphatic hydroxyl groups is 1. The molecule has 0 amide bonds. The molecule has 18 heavy (non-hydrogen) atoms. The Morgan fingerprint density at radius 1 is 1.17 bits per heavy atom. The summed E-state index contributed by atoms with van der Waals surface area (Å²) in [6.45, 7) is 10.9. The van der Waals surface area contributed by atoms with Gasteiger partial charge in [0, 0.05) is 18.2 Å². The molecule has 0 aliphatic rings. The maximum atomic E-state index is 9.85. The van der Waals surface area contributed by atoms with Crippen molar-refractivity contribution >= 4 is 0 Å². The number of phenolic OH excluding ortho intramolecular Hbond substituents is 2. The van der Waals surface area contributed by atoms with Crippen LogP contribution in [-0.2, 0) is 4.65 Å². The van der Waals surface area contributed by atoms with Crippen LogP contribution in [-0.4, -0.2) is 27.4 Å². The topological polar surface area (TPSA) is 92.6 Å². The first-order valence-corrected chi connectivity index (χ1v) is 5.44. The molecule has 100 valence electrons. The zero-order valence-corrected chi connectivity index (χ0v) is 10.8. The van der Waals surface area contributed by atoms with Gasteiger partial charge in [-0.3, -0.25) is 0 Å². The summed E-state index contributed by atoms with van der Waals surface area (Å²) in [4.78, 5) is 0. The molecule has 5 heteroatoms. The fraction of sp³-hybridized carbons (Fsp3) is 0.462. The van der Waals surface area contributed by atoms with Crippen molar-refractivity contribution in [2.45, 2.75) is 32.4 Å². The first-order valence-electron chi connectivity index (χ1n) is 5.44. The fourth-order valence-corrected chi connectivity index (χ4v) is 1.33. The Kier molecular flexibility index (Phi) is 6.44. The Morgan fingerprint density at radius 2 is 1.61 bits per heavy atom. The molecule has 0 saturated carbocycles. The normalized spacial score (nSPS) is 12.3. The van der Waals surface area contributed by atoms with E-state index in [-0.39, 0.29) is 17.0 Å². The molecule has 1 aromatic rings. The summed E-state index contributed by atoms with van der Waals surface area (Å²) >= 11 is 0. The number of aliphatic hydroxyl groups excluding tert-OH is 1. The number of rotatable bonds is 3. The van der Waals surface area contributed by atoms with E-state index in [0.29, 0.717) is 12.1 Å². The van der Waals surface area contributed by atoms with E-state index in [0.717, 1.165) is 0 Å². The summed E-state index contributed by atoms with van der Waals surface area (Å²) in [6.07, 6.45) is -0.753. The molecule has 1 unspecified atom stereocenters. The van der Waals surface area contributed by atoms with Crippen LogP contribution in [0, 0.1) is 6.65 Å². The van der Waals surface area contributed by atoms with Crippen molar-refractivity contribution in [3.05, 3.63) is 30.4 Å². The summed E-state index contributed by atoms with van der Waals surface area (Å²) in [5, 5.41) is 31.6. The first-order chi connectivity index (χ1) is 8.28. The Labute approximate surface area is 107 Å². The predicted molar refractivity (Wildman–Crippen MR) is 66.4 cm³/mol. The molecule has 0 aromatic heterocycles. The monoisotopic (exact) mass is 253 g/mol. The van der Waals surface area contributed by atoms with Crippen LogP contribution in [0.1, 0.15) is 32.4 Å². The predicted octanol–water partition coefficient (Wildman–Crippen LogP) is 1.48. The van der Waals surface area contributed by atoms with Gasteiger partial charge in [-0.1, -0.05) is 0 Å². The molecule has 0 radical (unpaired) electrons. The summed E-state index contributed by atoms with van der Waals surface area (Å²) in [5.74, 6) is -0.102. The van der Waals surface area contributed by atoms with Crippen molar-refractivity contribution in [3.63, 3.8) is 0 Å². The first kappa shape index (κ1) is 16.5. The van der Waals surface area contributed by atoms with Gasteiger partial charge in [0.25, 0.3) is 0 Å². The average Bonchev–Trinajstić information content (AvgIpc) is 2.26. The van der Waals surface area contributed by atoms with Crippen molar-refractivity contribution < 1.29 is 20.0 Å². The van der Waals surface area contributed by atoms with Crippen molar-refractivity contribution in [3.8, 4) is 11.5 Å². The van der Waals surface area contributed by atoms with Crippen molar-refractivity contribution in [2.24, 2.45) is 0 Å². The molecule has 1 aromatic carbocycles. The van der Waals surface area contributed by atoms with E-state index < -0.39 is 6.10 Å². The van der Waals surface area contributed by atoms with Crippen molar-refractivity contribution in [2.75, 3.05) is 6.54 Å². The molecule has 1 atom stereocenters. The van der Waals surface area contributed by atoms with Crippen molar-refractivity contribution in [1.82, 2.24) is 5.32 Å². The zero-order chi connectivity index (χ0) is 14.3. The summed E-state index contributed by atoms with van der Waals surface area (Å²) in [7, 11) is 0. The van der Waals surface area contributed by atoms with Gasteiger partial charge in [0.15, 0.2) is 0 Å². The van der Waals surface area contributed by atoms with E-state index in [9.17, 15) is 15.3 Å². The number of hydrogen-bond donors (Lipinski definition) is 4. The van der Waals surface area contributed by atoms with Crippen LogP contribution < -0.4 is 5.32 Å². The Hall–Kier alpha value is -1.52. The van der Waals surface area contributed by atoms with Gasteiger partial charge >= 0.3 is 11.3 Å². The second kappa shape index (κ2) is 7.03. The molecule has 4 N–H and O–H groups in total. The second-order valence-corrected chi connectivity index (χ2v) is 4.93. The van der Waals surface area contributed by atoms with E-state index in [4.69, 9.17) is 4.65 Å². The van der Waals surface area contributed by atoms with Crippen LogP contribution in [0.15, 0.2) is 18.2 Å². The molecule has 0 heterocycles. The third kappa shape index (κ3) is 6.27. The van der Waals surface area contributed by atoms with E-state index in [2.05, 4.69) is 12.0 Å². The van der Waals surface area contributed by atoms with Gasteiger partial charge in [0.05, 0.1) is 6.10 Å². The van der Waals surface area contributed by atoms with Gasteiger partial charge in [-0.25, -0.2) is 0 Å². The van der Waals surface area contributed by atoms with Crippen LogP contribution in [0.25, 0.3) is 0 Å². The minimum absolute atomic E-state index is 0.0511. The summed E-state index contributed by atoms with van der Waals surface area (Å²) in [6, 6.07) is 4.11. The Bertz CT molecular complexity index is 375. The molecule has 0 aliphatic carbocycles. The standard InChI is InChI=1S/C12H19NO3.CO/c1-12(2,3)13-7-11(16)8-4-9(14)6-10(15)5-8;1-2/h4-6,11,13-16H,7H2,1-3H3;. The van der Waals surface area contributed by atoms with Crippen LogP contribution in [0.5, 0.6) is 11.5 Å². The van der Waals surface area contributed by atoms with E-state index in [1.807, 2.05) is 20.8 Å². The average molecular weight is 253 g/mol. The van der Waals surface area contributed by atoms with Gasteiger partial charge in [-0.05, 0) is 38.5 Å². The zero-order valence-electron chi connectivity index (χ0n) is 10.8. The second-order valence-electron chi connectivity index (χ2n) is 4.93. The van der Waals surface area contributed by atoms with E-state index >= 15 is 0 Å². The molecule has 0 aliphatic heterocycles. The summed E-state index contributed by atoms with van der Waals surface area (Å²) in [5.41, 5.74) is 0.411.